The number of rotatable bonds is 6. The first-order valence-electron chi connectivity index (χ1n) is 8.12. The average Bonchev–Trinajstić information content (AvgIpc) is 2.65. The smallest absolute Gasteiger partial charge is 0.145 e. The number of ether oxygens (including phenoxy) is 2. The largest absolute Gasteiger partial charge is 0.497 e. The fourth-order valence-corrected chi connectivity index (χ4v) is 2.89. The van der Waals surface area contributed by atoms with Gasteiger partial charge in [0.1, 0.15) is 17.0 Å². The number of aliphatic hydroxyl groups excluding tert-OH is 1. The topological polar surface area (TPSA) is 63.6 Å². The van der Waals surface area contributed by atoms with Crippen molar-refractivity contribution in [2.24, 2.45) is 0 Å². The number of hydrogen-bond acceptors (Lipinski definition) is 5. The number of aryl methyl sites for hydroxylation is 1. The minimum atomic E-state index is -0.234. The molecule has 0 bridgehead atoms. The van der Waals surface area contributed by atoms with Crippen LogP contribution in [-0.4, -0.2) is 30.9 Å². The van der Waals surface area contributed by atoms with E-state index in [2.05, 4.69) is 10.3 Å². The van der Waals surface area contributed by atoms with Gasteiger partial charge in [-0.2, -0.15) is 0 Å². The summed E-state index contributed by atoms with van der Waals surface area (Å²) in [5, 5.41) is 14.3. The van der Waals surface area contributed by atoms with E-state index in [1.54, 1.807) is 14.2 Å². The zero-order valence-electron chi connectivity index (χ0n) is 14.6. The van der Waals surface area contributed by atoms with E-state index >= 15 is 0 Å². The third kappa shape index (κ3) is 3.51. The van der Waals surface area contributed by atoms with Gasteiger partial charge in [0.05, 0.1) is 26.9 Å². The van der Waals surface area contributed by atoms with Crippen molar-refractivity contribution in [1.29, 1.82) is 0 Å². The molecule has 1 unspecified atom stereocenters. The van der Waals surface area contributed by atoms with Crippen molar-refractivity contribution in [1.82, 2.24) is 4.98 Å². The highest BCUT2D eigenvalue weighted by Crippen LogP contribution is 2.32. The predicted octanol–water partition coefficient (Wildman–Crippen LogP) is 3.71. The molecule has 1 aromatic heterocycles. The fraction of sp³-hybridized carbons (Fsp3) is 0.250. The monoisotopic (exact) mass is 338 g/mol. The van der Waals surface area contributed by atoms with E-state index in [1.165, 1.54) is 0 Å². The van der Waals surface area contributed by atoms with Crippen LogP contribution in [0.1, 0.15) is 17.3 Å². The first kappa shape index (κ1) is 17.0. The highest BCUT2D eigenvalue weighted by molar-refractivity contribution is 5.95. The van der Waals surface area contributed by atoms with Gasteiger partial charge in [-0.05, 0) is 36.8 Å². The Morgan fingerprint density at radius 3 is 2.48 bits per heavy atom. The van der Waals surface area contributed by atoms with E-state index in [0.717, 1.165) is 39.3 Å². The van der Waals surface area contributed by atoms with E-state index in [4.69, 9.17) is 9.47 Å². The number of para-hydroxylation sites is 1. The van der Waals surface area contributed by atoms with Crippen molar-refractivity contribution < 1.29 is 14.6 Å². The number of benzene rings is 2. The molecule has 2 N–H and O–H groups in total. The van der Waals surface area contributed by atoms with Crippen LogP contribution in [0.3, 0.4) is 0 Å². The van der Waals surface area contributed by atoms with E-state index in [1.807, 2.05) is 55.5 Å². The van der Waals surface area contributed by atoms with Crippen LogP contribution in [0.2, 0.25) is 0 Å². The zero-order valence-corrected chi connectivity index (χ0v) is 14.6. The van der Waals surface area contributed by atoms with Crippen molar-refractivity contribution in [2.75, 3.05) is 26.1 Å². The van der Waals surface area contributed by atoms with Gasteiger partial charge < -0.3 is 19.9 Å². The molecule has 3 aromatic rings. The Labute approximate surface area is 147 Å². The molecule has 0 amide bonds. The number of nitrogens with one attached hydrogen (secondary N) is 1. The molecule has 0 saturated heterocycles. The Morgan fingerprint density at radius 1 is 1.08 bits per heavy atom. The number of aliphatic hydroxyl groups is 1. The molecule has 5 heteroatoms. The standard InChI is InChI=1S/C20H22N2O3/c1-13-11-17(16-5-4-6-19(25-3)20(16)21-13)22-18(12-23)14-7-9-15(24-2)10-8-14/h4-11,18,23H,12H2,1-3H3,(H,21,22). The molecule has 2 aromatic carbocycles. The number of methoxy groups -OCH3 is 2. The van der Waals surface area contributed by atoms with Crippen LogP contribution in [-0.2, 0) is 0 Å². The lowest BCUT2D eigenvalue weighted by Crippen LogP contribution is -2.15. The normalized spacial score (nSPS) is 12.0. The predicted molar refractivity (Wildman–Crippen MR) is 99.5 cm³/mol. The minimum Gasteiger partial charge on any atom is -0.497 e. The summed E-state index contributed by atoms with van der Waals surface area (Å²) in [6, 6.07) is 15.2. The highest BCUT2D eigenvalue weighted by atomic mass is 16.5. The fourth-order valence-electron chi connectivity index (χ4n) is 2.89. The molecule has 130 valence electrons. The molecule has 0 aliphatic carbocycles. The molecule has 1 heterocycles. The van der Waals surface area contributed by atoms with Crippen LogP contribution in [0.4, 0.5) is 5.69 Å². The van der Waals surface area contributed by atoms with E-state index in [0.29, 0.717) is 0 Å². The summed E-state index contributed by atoms with van der Waals surface area (Å²) < 4.78 is 10.6. The Balaban J connectivity index is 2.00. The number of anilines is 1. The lowest BCUT2D eigenvalue weighted by molar-refractivity contribution is 0.276. The molecule has 0 aliphatic rings. The van der Waals surface area contributed by atoms with E-state index in [-0.39, 0.29) is 12.6 Å². The minimum absolute atomic E-state index is 0.0286. The van der Waals surface area contributed by atoms with Gasteiger partial charge in [-0.15, -0.1) is 0 Å². The van der Waals surface area contributed by atoms with E-state index in [9.17, 15) is 5.11 Å². The summed E-state index contributed by atoms with van der Waals surface area (Å²) >= 11 is 0. The maximum absolute atomic E-state index is 9.88. The number of pyridine rings is 1. The second-order valence-electron chi connectivity index (χ2n) is 5.82. The molecule has 0 aliphatic heterocycles. The van der Waals surface area contributed by atoms with Gasteiger partial charge in [-0.1, -0.05) is 24.3 Å². The average molecular weight is 338 g/mol. The zero-order chi connectivity index (χ0) is 17.8. The quantitative estimate of drug-likeness (QED) is 0.717. The lowest BCUT2D eigenvalue weighted by atomic mass is 10.1. The first-order chi connectivity index (χ1) is 12.2. The van der Waals surface area contributed by atoms with Crippen LogP contribution in [0, 0.1) is 6.92 Å². The van der Waals surface area contributed by atoms with Gasteiger partial charge in [-0.25, -0.2) is 4.98 Å². The summed E-state index contributed by atoms with van der Waals surface area (Å²) in [5.41, 5.74) is 3.58. The highest BCUT2D eigenvalue weighted by Gasteiger charge is 2.14. The number of hydrogen-bond donors (Lipinski definition) is 2. The van der Waals surface area contributed by atoms with Gasteiger partial charge in [0.15, 0.2) is 0 Å². The van der Waals surface area contributed by atoms with Gasteiger partial charge in [-0.3, -0.25) is 0 Å². The molecule has 0 fully saturated rings. The molecular formula is C20H22N2O3. The van der Waals surface area contributed by atoms with Crippen molar-refractivity contribution >= 4 is 16.6 Å². The van der Waals surface area contributed by atoms with Crippen molar-refractivity contribution in [3.63, 3.8) is 0 Å². The molecule has 1 atom stereocenters. The van der Waals surface area contributed by atoms with Gasteiger partial charge >= 0.3 is 0 Å². The molecule has 0 saturated carbocycles. The van der Waals surface area contributed by atoms with Crippen LogP contribution in [0.5, 0.6) is 11.5 Å². The van der Waals surface area contributed by atoms with Crippen molar-refractivity contribution in [3.8, 4) is 11.5 Å². The Kier molecular flexibility index (Phi) is 5.05. The third-order valence-electron chi connectivity index (χ3n) is 4.18. The van der Waals surface area contributed by atoms with Gasteiger partial charge in [0.25, 0.3) is 0 Å². The maximum Gasteiger partial charge on any atom is 0.145 e. The Bertz CT molecular complexity index is 863. The summed E-state index contributed by atoms with van der Waals surface area (Å²) in [6.45, 7) is 1.91. The van der Waals surface area contributed by atoms with Crippen LogP contribution in [0.25, 0.3) is 10.9 Å². The Hall–Kier alpha value is -2.79. The number of aromatic nitrogens is 1. The summed E-state index contributed by atoms with van der Waals surface area (Å²) in [4.78, 5) is 4.59. The summed E-state index contributed by atoms with van der Waals surface area (Å²) in [7, 11) is 3.27. The van der Waals surface area contributed by atoms with Gasteiger partial charge in [0, 0.05) is 16.8 Å². The van der Waals surface area contributed by atoms with E-state index < -0.39 is 0 Å². The first-order valence-corrected chi connectivity index (χ1v) is 8.12. The van der Waals surface area contributed by atoms with Crippen LogP contribution < -0.4 is 14.8 Å². The molecule has 0 spiro atoms. The number of nitrogens with zero attached hydrogens (tertiary/aromatic N) is 1. The second kappa shape index (κ2) is 7.40. The van der Waals surface area contributed by atoms with Crippen molar-refractivity contribution in [2.45, 2.75) is 13.0 Å². The van der Waals surface area contributed by atoms with Crippen LogP contribution >= 0.6 is 0 Å². The van der Waals surface area contributed by atoms with Gasteiger partial charge in [0.2, 0.25) is 0 Å². The van der Waals surface area contributed by atoms with Crippen LogP contribution in [0.15, 0.2) is 48.5 Å². The third-order valence-corrected chi connectivity index (χ3v) is 4.18. The number of fused-ring (bicyclic) bond motifs is 1. The van der Waals surface area contributed by atoms with Crippen molar-refractivity contribution in [3.05, 3.63) is 59.8 Å². The second-order valence-corrected chi connectivity index (χ2v) is 5.82. The Morgan fingerprint density at radius 2 is 1.84 bits per heavy atom. The summed E-state index contributed by atoms with van der Waals surface area (Å²) in [5.74, 6) is 1.52. The SMILES string of the molecule is COc1ccc(C(CO)Nc2cc(C)nc3c(OC)cccc23)cc1. The molecule has 5 nitrogen and oxygen atoms in total. The molecule has 25 heavy (non-hydrogen) atoms. The molecule has 0 radical (unpaired) electrons. The maximum atomic E-state index is 9.88. The summed E-state index contributed by atoms with van der Waals surface area (Å²) in [6.07, 6.45) is 0. The lowest BCUT2D eigenvalue weighted by Gasteiger charge is -2.20. The molecular weight excluding hydrogens is 316 g/mol. The molecule has 3 rings (SSSR count).